The van der Waals surface area contributed by atoms with E-state index in [1.165, 1.54) is 6.07 Å². The van der Waals surface area contributed by atoms with Crippen molar-refractivity contribution >= 4 is 17.4 Å². The average Bonchev–Trinajstić information content (AvgIpc) is 2.38. The third kappa shape index (κ3) is 3.96. The Morgan fingerprint density at radius 2 is 2.15 bits per heavy atom. The van der Waals surface area contributed by atoms with Crippen LogP contribution < -0.4 is 0 Å². The molecule has 0 aromatic heterocycles. The highest BCUT2D eigenvalue weighted by Crippen LogP contribution is 2.33. The summed E-state index contributed by atoms with van der Waals surface area (Å²) in [4.78, 5) is 13.6. The summed E-state index contributed by atoms with van der Waals surface area (Å²) >= 11 is 5.80. The highest BCUT2D eigenvalue weighted by Gasteiger charge is 2.41. The molecule has 0 N–H and O–H groups in total. The molecule has 2 nitrogen and oxygen atoms in total. The largest absolute Gasteiger partial charge is 0.393 e. The summed E-state index contributed by atoms with van der Waals surface area (Å²) in [5.74, 6) is -1.53. The average molecular weight is 306 g/mol. The van der Waals surface area contributed by atoms with Crippen LogP contribution in [0.25, 0.3) is 0 Å². The molecule has 0 bridgehead atoms. The Morgan fingerprint density at radius 1 is 1.40 bits per heavy atom. The molecule has 110 valence electrons. The second kappa shape index (κ2) is 6.14. The summed E-state index contributed by atoms with van der Waals surface area (Å²) in [6.07, 6.45) is -3.57. The van der Waals surface area contributed by atoms with Gasteiger partial charge in [0.15, 0.2) is 5.78 Å². The van der Waals surface area contributed by atoms with E-state index in [-0.39, 0.29) is 25.3 Å². The smallest absolute Gasteiger partial charge is 0.295 e. The molecule has 2 rings (SSSR count). The van der Waals surface area contributed by atoms with Crippen LogP contribution in [0.5, 0.6) is 0 Å². The number of likely N-dealkylation sites (tertiary alicyclic amines) is 1. The van der Waals surface area contributed by atoms with Crippen LogP contribution in [0, 0.1) is 5.92 Å². The number of ketones is 1. The molecule has 0 aliphatic carbocycles. The van der Waals surface area contributed by atoms with Gasteiger partial charge in [-0.05, 0) is 31.5 Å². The van der Waals surface area contributed by atoms with E-state index < -0.39 is 12.1 Å². The number of carbonyl (C=O) groups is 1. The maximum absolute atomic E-state index is 12.7. The Labute approximate surface area is 120 Å². The van der Waals surface area contributed by atoms with Crippen molar-refractivity contribution < 1.29 is 18.0 Å². The Morgan fingerprint density at radius 3 is 2.80 bits per heavy atom. The Hall–Kier alpha value is -1.07. The van der Waals surface area contributed by atoms with E-state index in [0.717, 1.165) is 0 Å². The molecule has 0 radical (unpaired) electrons. The normalized spacial score (nSPS) is 20.9. The summed E-state index contributed by atoms with van der Waals surface area (Å²) in [5, 5.41) is 0.447. The molecule has 1 heterocycles. The van der Waals surface area contributed by atoms with Gasteiger partial charge in [0.25, 0.3) is 0 Å². The molecular formula is C14H15ClF3NO. The van der Waals surface area contributed by atoms with Crippen LogP contribution in [0.1, 0.15) is 23.2 Å². The lowest BCUT2D eigenvalue weighted by molar-refractivity contribution is -0.186. The fourth-order valence-electron chi connectivity index (χ4n) is 2.42. The number of hydrogen-bond acceptors (Lipinski definition) is 2. The number of alkyl halides is 3. The maximum Gasteiger partial charge on any atom is 0.393 e. The quantitative estimate of drug-likeness (QED) is 0.792. The standard InChI is InChI=1S/C14H15ClF3NO/c15-12-5-1-3-10(7-12)13(20)9-19-6-2-4-11(8-19)14(16,17)18/h1,3,5,7,11H,2,4,6,8-9H2. The maximum atomic E-state index is 12.7. The molecule has 20 heavy (non-hydrogen) atoms. The number of nitrogens with zero attached hydrogens (tertiary/aromatic N) is 1. The van der Waals surface area contributed by atoms with Gasteiger partial charge < -0.3 is 0 Å². The van der Waals surface area contributed by atoms with E-state index in [2.05, 4.69) is 0 Å². The van der Waals surface area contributed by atoms with Crippen LogP contribution in [0.4, 0.5) is 13.2 Å². The van der Waals surface area contributed by atoms with E-state index >= 15 is 0 Å². The third-order valence-electron chi connectivity index (χ3n) is 3.48. The number of halogens is 4. The van der Waals surface area contributed by atoms with E-state index in [0.29, 0.717) is 23.6 Å². The number of benzene rings is 1. The fraction of sp³-hybridized carbons (Fsp3) is 0.500. The van der Waals surface area contributed by atoms with Crippen LogP contribution in [-0.4, -0.2) is 36.5 Å². The van der Waals surface area contributed by atoms with Crippen LogP contribution in [0.15, 0.2) is 24.3 Å². The van der Waals surface area contributed by atoms with Crippen molar-refractivity contribution in [3.05, 3.63) is 34.9 Å². The summed E-state index contributed by atoms with van der Waals surface area (Å²) in [6.45, 7) is 0.432. The first kappa shape index (κ1) is 15.3. The molecule has 1 unspecified atom stereocenters. The van der Waals surface area contributed by atoms with Gasteiger partial charge in [-0.1, -0.05) is 23.7 Å². The minimum atomic E-state index is -4.18. The van der Waals surface area contributed by atoms with Gasteiger partial charge in [0.05, 0.1) is 12.5 Å². The van der Waals surface area contributed by atoms with Crippen LogP contribution >= 0.6 is 11.6 Å². The van der Waals surface area contributed by atoms with Crippen LogP contribution in [0.2, 0.25) is 5.02 Å². The van der Waals surface area contributed by atoms with Gasteiger partial charge in [-0.3, -0.25) is 9.69 Å². The fourth-order valence-corrected chi connectivity index (χ4v) is 2.61. The lowest BCUT2D eigenvalue weighted by Crippen LogP contribution is -2.43. The Bertz CT molecular complexity index is 490. The SMILES string of the molecule is O=C(CN1CCCC(C(F)(F)F)C1)c1cccc(Cl)c1. The number of Topliss-reactive ketones (excluding diaryl/α,β-unsaturated/α-hetero) is 1. The molecule has 1 saturated heterocycles. The topological polar surface area (TPSA) is 20.3 Å². The van der Waals surface area contributed by atoms with Gasteiger partial charge in [-0.2, -0.15) is 13.2 Å². The number of carbonyl (C=O) groups excluding carboxylic acids is 1. The molecule has 6 heteroatoms. The molecule has 1 aliphatic rings. The lowest BCUT2D eigenvalue weighted by atomic mass is 9.97. The van der Waals surface area contributed by atoms with Crippen molar-refractivity contribution in [3.8, 4) is 0 Å². The molecule has 0 saturated carbocycles. The van der Waals surface area contributed by atoms with Gasteiger partial charge >= 0.3 is 6.18 Å². The predicted octanol–water partition coefficient (Wildman–Crippen LogP) is 3.80. The van der Waals surface area contributed by atoms with Gasteiger partial charge in [-0.15, -0.1) is 0 Å². The van der Waals surface area contributed by atoms with Gasteiger partial charge in [0.2, 0.25) is 0 Å². The van der Waals surface area contributed by atoms with Crippen molar-refractivity contribution in [2.75, 3.05) is 19.6 Å². The van der Waals surface area contributed by atoms with E-state index in [1.54, 1.807) is 23.1 Å². The first-order valence-corrected chi connectivity index (χ1v) is 6.82. The van der Waals surface area contributed by atoms with E-state index in [4.69, 9.17) is 11.6 Å². The first-order valence-electron chi connectivity index (χ1n) is 6.44. The summed E-state index contributed by atoms with van der Waals surface area (Å²) < 4.78 is 38.1. The lowest BCUT2D eigenvalue weighted by Gasteiger charge is -2.33. The van der Waals surface area contributed by atoms with Crippen LogP contribution in [0.3, 0.4) is 0 Å². The minimum absolute atomic E-state index is 0.00687. The zero-order chi connectivity index (χ0) is 14.8. The Balaban J connectivity index is 1.98. The van der Waals surface area contributed by atoms with Crippen molar-refractivity contribution in [1.82, 2.24) is 4.90 Å². The van der Waals surface area contributed by atoms with Crippen molar-refractivity contribution in [3.63, 3.8) is 0 Å². The van der Waals surface area contributed by atoms with E-state index in [9.17, 15) is 18.0 Å². The minimum Gasteiger partial charge on any atom is -0.295 e. The van der Waals surface area contributed by atoms with Gasteiger partial charge in [0, 0.05) is 17.1 Å². The van der Waals surface area contributed by atoms with Crippen molar-refractivity contribution in [2.24, 2.45) is 5.92 Å². The van der Waals surface area contributed by atoms with Gasteiger partial charge in [0.1, 0.15) is 0 Å². The number of piperidine rings is 1. The second-order valence-corrected chi connectivity index (χ2v) is 5.49. The highest BCUT2D eigenvalue weighted by atomic mass is 35.5. The molecule has 0 amide bonds. The summed E-state index contributed by atoms with van der Waals surface area (Å²) in [6, 6.07) is 6.47. The van der Waals surface area contributed by atoms with Crippen LogP contribution in [-0.2, 0) is 0 Å². The molecule has 1 aromatic rings. The Kier molecular flexibility index (Phi) is 4.70. The first-order chi connectivity index (χ1) is 9.36. The van der Waals surface area contributed by atoms with Gasteiger partial charge in [-0.25, -0.2) is 0 Å². The molecule has 1 atom stereocenters. The number of rotatable bonds is 3. The molecule has 1 aliphatic heterocycles. The van der Waals surface area contributed by atoms with Crippen molar-refractivity contribution in [1.29, 1.82) is 0 Å². The predicted molar refractivity (Wildman–Crippen MR) is 71.0 cm³/mol. The zero-order valence-electron chi connectivity index (χ0n) is 10.8. The monoisotopic (exact) mass is 305 g/mol. The van der Waals surface area contributed by atoms with E-state index in [1.807, 2.05) is 0 Å². The molecule has 0 spiro atoms. The highest BCUT2D eigenvalue weighted by molar-refractivity contribution is 6.31. The summed E-state index contributed by atoms with van der Waals surface area (Å²) in [5.41, 5.74) is 0.437. The molecule has 1 fully saturated rings. The molecular weight excluding hydrogens is 291 g/mol. The van der Waals surface area contributed by atoms with Crippen molar-refractivity contribution in [2.45, 2.75) is 19.0 Å². The zero-order valence-corrected chi connectivity index (χ0v) is 11.5. The summed E-state index contributed by atoms with van der Waals surface area (Å²) in [7, 11) is 0. The second-order valence-electron chi connectivity index (χ2n) is 5.05. The molecule has 1 aromatic carbocycles. The number of hydrogen-bond donors (Lipinski definition) is 0. The third-order valence-corrected chi connectivity index (χ3v) is 3.72.